The van der Waals surface area contributed by atoms with Gasteiger partial charge in [0.2, 0.25) is 0 Å². The van der Waals surface area contributed by atoms with Crippen LogP contribution in [0.15, 0.2) is 66.9 Å². The molecule has 0 saturated carbocycles. The molecule has 0 aliphatic rings. The fourth-order valence-electron chi connectivity index (χ4n) is 2.75. The normalized spacial score (nSPS) is 10.7. The fourth-order valence-corrected chi connectivity index (χ4v) is 2.97. The van der Waals surface area contributed by atoms with Crippen LogP contribution in [0.3, 0.4) is 0 Å². The molecule has 4 rings (SSSR count). The van der Waals surface area contributed by atoms with Gasteiger partial charge in [-0.2, -0.15) is 0 Å². The number of carbonyl (C=O) groups excluding carboxylic acids is 1. The summed E-state index contributed by atoms with van der Waals surface area (Å²) in [5, 5.41) is 3.39. The molecule has 27 heavy (non-hydrogen) atoms. The van der Waals surface area contributed by atoms with Crippen molar-refractivity contribution in [1.29, 1.82) is 0 Å². The van der Waals surface area contributed by atoms with Crippen LogP contribution >= 0.6 is 11.6 Å². The van der Waals surface area contributed by atoms with Gasteiger partial charge in [0, 0.05) is 16.9 Å². The number of nitrogens with one attached hydrogen (secondary N) is 1. The van der Waals surface area contributed by atoms with Crippen LogP contribution in [0.1, 0.15) is 16.2 Å². The summed E-state index contributed by atoms with van der Waals surface area (Å²) in [6, 6.07) is 18.2. The molecule has 1 N–H and O–H groups in total. The highest BCUT2D eigenvalue weighted by atomic mass is 35.5. The van der Waals surface area contributed by atoms with Gasteiger partial charge in [-0.1, -0.05) is 29.8 Å². The summed E-state index contributed by atoms with van der Waals surface area (Å²) in [6.45, 7) is 1.84. The number of nitrogens with zero attached hydrogens (tertiary/aromatic N) is 3. The van der Waals surface area contributed by atoms with Gasteiger partial charge in [0.05, 0.1) is 27.9 Å². The molecule has 2 heterocycles. The molecule has 2 aromatic heterocycles. The van der Waals surface area contributed by atoms with Gasteiger partial charge in [0.15, 0.2) is 0 Å². The second kappa shape index (κ2) is 7.13. The summed E-state index contributed by atoms with van der Waals surface area (Å²) in [4.78, 5) is 25.7. The summed E-state index contributed by atoms with van der Waals surface area (Å²) < 4.78 is 0. The first-order valence-electron chi connectivity index (χ1n) is 8.37. The maximum atomic E-state index is 12.4. The average Bonchev–Trinajstić information content (AvgIpc) is 2.69. The lowest BCUT2D eigenvalue weighted by molar-refractivity contribution is 0.102. The van der Waals surface area contributed by atoms with Crippen LogP contribution in [-0.4, -0.2) is 20.9 Å². The van der Waals surface area contributed by atoms with Crippen LogP contribution in [0.2, 0.25) is 5.02 Å². The molecule has 2 aromatic carbocycles. The van der Waals surface area contributed by atoms with Crippen molar-refractivity contribution in [2.24, 2.45) is 0 Å². The number of aryl methyl sites for hydroxylation is 1. The minimum absolute atomic E-state index is 0.281. The predicted octanol–water partition coefficient (Wildman–Crippen LogP) is 4.91. The number of para-hydroxylation sites is 2. The SMILES string of the molecule is Cc1cccc(C(=O)Nc2ccc(Cl)c(-c3cnc4ccccc4n3)c2)n1. The number of hydrogen-bond donors (Lipinski definition) is 1. The van der Waals surface area contributed by atoms with E-state index in [1.165, 1.54) is 0 Å². The molecule has 0 unspecified atom stereocenters. The quantitative estimate of drug-likeness (QED) is 0.553. The Balaban J connectivity index is 1.67. The number of aromatic nitrogens is 3. The summed E-state index contributed by atoms with van der Waals surface area (Å²) in [6.07, 6.45) is 1.68. The smallest absolute Gasteiger partial charge is 0.274 e. The van der Waals surface area contributed by atoms with Crippen molar-refractivity contribution in [2.45, 2.75) is 6.92 Å². The van der Waals surface area contributed by atoms with Gasteiger partial charge in [-0.05, 0) is 49.4 Å². The number of anilines is 1. The maximum Gasteiger partial charge on any atom is 0.274 e. The molecule has 1 amide bonds. The van der Waals surface area contributed by atoms with E-state index in [9.17, 15) is 4.79 Å². The number of halogens is 1. The number of pyridine rings is 1. The number of rotatable bonds is 3. The second-order valence-corrected chi connectivity index (χ2v) is 6.46. The van der Waals surface area contributed by atoms with Gasteiger partial charge in [0.25, 0.3) is 5.91 Å². The molecule has 0 aliphatic carbocycles. The molecule has 6 heteroatoms. The van der Waals surface area contributed by atoms with E-state index in [4.69, 9.17) is 11.6 Å². The number of fused-ring (bicyclic) bond motifs is 1. The molecule has 0 bridgehead atoms. The maximum absolute atomic E-state index is 12.4. The summed E-state index contributed by atoms with van der Waals surface area (Å²) >= 11 is 6.36. The van der Waals surface area contributed by atoms with Gasteiger partial charge in [0.1, 0.15) is 5.69 Å². The van der Waals surface area contributed by atoms with Crippen molar-refractivity contribution < 1.29 is 4.79 Å². The Morgan fingerprint density at radius 3 is 2.59 bits per heavy atom. The van der Waals surface area contributed by atoms with Crippen LogP contribution in [0.4, 0.5) is 5.69 Å². The molecule has 0 atom stereocenters. The number of hydrogen-bond acceptors (Lipinski definition) is 4. The third-order valence-corrected chi connectivity index (χ3v) is 4.40. The van der Waals surface area contributed by atoms with Crippen LogP contribution in [0.25, 0.3) is 22.3 Å². The van der Waals surface area contributed by atoms with Gasteiger partial charge in [-0.3, -0.25) is 9.78 Å². The van der Waals surface area contributed by atoms with E-state index >= 15 is 0 Å². The number of benzene rings is 2. The fraction of sp³-hybridized carbons (Fsp3) is 0.0476. The lowest BCUT2D eigenvalue weighted by Gasteiger charge is -2.09. The first kappa shape index (κ1) is 17.1. The Kier molecular flexibility index (Phi) is 4.52. The van der Waals surface area contributed by atoms with E-state index in [1.807, 2.05) is 37.3 Å². The highest BCUT2D eigenvalue weighted by Crippen LogP contribution is 2.30. The van der Waals surface area contributed by atoms with E-state index in [0.29, 0.717) is 27.7 Å². The minimum atomic E-state index is -0.281. The van der Waals surface area contributed by atoms with Crippen LogP contribution in [0.5, 0.6) is 0 Å². The summed E-state index contributed by atoms with van der Waals surface area (Å²) in [5.74, 6) is -0.281. The van der Waals surface area contributed by atoms with Crippen LogP contribution in [-0.2, 0) is 0 Å². The minimum Gasteiger partial charge on any atom is -0.321 e. The lowest BCUT2D eigenvalue weighted by atomic mass is 10.1. The van der Waals surface area contributed by atoms with Crippen molar-refractivity contribution in [3.8, 4) is 11.3 Å². The predicted molar refractivity (Wildman–Crippen MR) is 107 cm³/mol. The third kappa shape index (κ3) is 3.64. The standard InChI is InChI=1S/C21H15ClN4O/c1-13-5-4-8-19(24-13)21(27)25-14-9-10-16(22)15(11-14)20-12-23-17-6-2-3-7-18(17)26-20/h2-12H,1H3,(H,25,27). The largest absolute Gasteiger partial charge is 0.321 e. The molecular weight excluding hydrogens is 360 g/mol. The molecule has 0 fully saturated rings. The monoisotopic (exact) mass is 374 g/mol. The lowest BCUT2D eigenvalue weighted by Crippen LogP contribution is -2.14. The Morgan fingerprint density at radius 1 is 0.963 bits per heavy atom. The van der Waals surface area contributed by atoms with E-state index < -0.39 is 0 Å². The van der Waals surface area contributed by atoms with E-state index in [-0.39, 0.29) is 5.91 Å². The number of amides is 1. The van der Waals surface area contributed by atoms with E-state index in [2.05, 4.69) is 20.3 Å². The van der Waals surface area contributed by atoms with Crippen molar-refractivity contribution in [1.82, 2.24) is 15.0 Å². The van der Waals surface area contributed by atoms with Crippen molar-refractivity contribution >= 4 is 34.2 Å². The first-order valence-corrected chi connectivity index (χ1v) is 8.75. The molecular formula is C21H15ClN4O. The first-order chi connectivity index (χ1) is 13.1. The average molecular weight is 375 g/mol. The molecule has 0 saturated heterocycles. The van der Waals surface area contributed by atoms with E-state index in [0.717, 1.165) is 16.7 Å². The van der Waals surface area contributed by atoms with Crippen molar-refractivity contribution in [3.63, 3.8) is 0 Å². The Bertz CT molecular complexity index is 1160. The highest BCUT2D eigenvalue weighted by molar-refractivity contribution is 6.33. The second-order valence-electron chi connectivity index (χ2n) is 6.06. The van der Waals surface area contributed by atoms with Gasteiger partial charge in [-0.25, -0.2) is 9.97 Å². The molecule has 5 nitrogen and oxygen atoms in total. The zero-order chi connectivity index (χ0) is 18.8. The Hall–Kier alpha value is -3.31. The van der Waals surface area contributed by atoms with Crippen molar-refractivity contribution in [3.05, 3.63) is 83.3 Å². The zero-order valence-corrected chi connectivity index (χ0v) is 15.2. The molecule has 0 spiro atoms. The highest BCUT2D eigenvalue weighted by Gasteiger charge is 2.12. The van der Waals surface area contributed by atoms with Gasteiger partial charge < -0.3 is 5.32 Å². The van der Waals surface area contributed by atoms with Crippen LogP contribution in [0, 0.1) is 6.92 Å². The third-order valence-electron chi connectivity index (χ3n) is 4.07. The molecule has 132 valence electrons. The zero-order valence-electron chi connectivity index (χ0n) is 14.5. The van der Waals surface area contributed by atoms with Gasteiger partial charge >= 0.3 is 0 Å². The van der Waals surface area contributed by atoms with Gasteiger partial charge in [-0.15, -0.1) is 0 Å². The Morgan fingerprint density at radius 2 is 1.78 bits per heavy atom. The topological polar surface area (TPSA) is 67.8 Å². The summed E-state index contributed by atoms with van der Waals surface area (Å²) in [7, 11) is 0. The van der Waals surface area contributed by atoms with Crippen LogP contribution < -0.4 is 5.32 Å². The molecule has 0 aliphatic heterocycles. The molecule has 0 radical (unpaired) electrons. The van der Waals surface area contributed by atoms with E-state index in [1.54, 1.807) is 36.5 Å². The number of carbonyl (C=O) groups is 1. The van der Waals surface area contributed by atoms with Crippen molar-refractivity contribution in [2.75, 3.05) is 5.32 Å². The summed E-state index contributed by atoms with van der Waals surface area (Å²) in [5.41, 5.74) is 4.69. The Labute approximate surface area is 161 Å². The molecule has 4 aromatic rings.